The average Bonchev–Trinajstić information content (AvgIpc) is 3.71. The van der Waals surface area contributed by atoms with Gasteiger partial charge in [-0.3, -0.25) is 14.5 Å². The lowest BCUT2D eigenvalue weighted by atomic mass is 9.60. The first-order valence-electron chi connectivity index (χ1n) is 26.4. The van der Waals surface area contributed by atoms with E-state index >= 15 is 0 Å². The summed E-state index contributed by atoms with van der Waals surface area (Å²) in [6, 6.07) is 18.1. The van der Waals surface area contributed by atoms with E-state index in [0.29, 0.717) is 70.1 Å². The molecule has 6 heterocycles. The van der Waals surface area contributed by atoms with Crippen LogP contribution in [0.1, 0.15) is 130 Å². The second kappa shape index (κ2) is 22.0. The summed E-state index contributed by atoms with van der Waals surface area (Å²) in [5.74, 6) is -1.00. The Balaban J connectivity index is 0.000000162. The van der Waals surface area contributed by atoms with E-state index in [-0.39, 0.29) is 53.7 Å². The summed E-state index contributed by atoms with van der Waals surface area (Å²) in [4.78, 5) is 91.8. The fourth-order valence-electron chi connectivity index (χ4n) is 11.8. The van der Waals surface area contributed by atoms with Crippen molar-refractivity contribution in [2.24, 2.45) is 16.6 Å². The van der Waals surface area contributed by atoms with E-state index in [1.54, 1.807) is 9.80 Å². The van der Waals surface area contributed by atoms with E-state index in [4.69, 9.17) is 30.0 Å². The minimum absolute atomic E-state index is 0.00704. The maximum Gasteiger partial charge on any atom is 0.410 e. The zero-order chi connectivity index (χ0) is 52.3. The topological polar surface area (TPSA) is 217 Å². The van der Waals surface area contributed by atoms with Gasteiger partial charge in [0.25, 0.3) is 0 Å². The molecule has 4 bridgehead atoms. The normalized spacial score (nSPS) is 25.2. The molecule has 0 aromatic heterocycles. The Morgan fingerprint density at radius 1 is 0.616 bits per heavy atom. The van der Waals surface area contributed by atoms with Gasteiger partial charge in [0.15, 0.2) is 0 Å². The maximum absolute atomic E-state index is 13.1. The highest BCUT2D eigenvalue weighted by atomic mass is 16.7. The molecule has 2 spiro atoms. The van der Waals surface area contributed by atoms with E-state index in [1.807, 2.05) is 107 Å². The first kappa shape index (κ1) is 53.6. The molecule has 2 aromatic rings. The molecule has 19 heteroatoms. The number of carbonyl (C=O) groups excluding carboxylic acids is 5. The van der Waals surface area contributed by atoms with Gasteiger partial charge in [0.2, 0.25) is 5.91 Å². The number of benzene rings is 2. The number of nitrogens with one attached hydrogen (secondary N) is 1. The zero-order valence-corrected chi connectivity index (χ0v) is 43.7. The number of hydrogen-bond acceptors (Lipinski definition) is 11. The number of carboxylic acid groups (broad SMARTS) is 1. The van der Waals surface area contributed by atoms with Gasteiger partial charge in [0.1, 0.15) is 36.5 Å². The van der Waals surface area contributed by atoms with Gasteiger partial charge in [0.05, 0.1) is 12.1 Å². The number of fused-ring (bicyclic) bond motifs is 4. The number of amides is 7. The first-order valence-corrected chi connectivity index (χ1v) is 26.4. The van der Waals surface area contributed by atoms with Crippen molar-refractivity contribution in [1.82, 2.24) is 35.0 Å². The van der Waals surface area contributed by atoms with Crippen LogP contribution in [0.5, 0.6) is 0 Å². The minimum atomic E-state index is -0.943. The van der Waals surface area contributed by atoms with E-state index in [9.17, 15) is 28.8 Å². The van der Waals surface area contributed by atoms with Crippen LogP contribution in [0.25, 0.3) is 0 Å². The molecule has 2 saturated carbocycles. The number of likely N-dealkylation sites (tertiary alicyclic amines) is 2. The number of urea groups is 2. The monoisotopic (exact) mass is 1010 g/mol. The average molecular weight is 1020 g/mol. The van der Waals surface area contributed by atoms with Crippen molar-refractivity contribution in [2.75, 3.05) is 39.3 Å². The van der Waals surface area contributed by atoms with Gasteiger partial charge >= 0.3 is 30.2 Å². The van der Waals surface area contributed by atoms with Crippen LogP contribution in [0.3, 0.4) is 0 Å². The summed E-state index contributed by atoms with van der Waals surface area (Å²) >= 11 is 0. The molecule has 19 nitrogen and oxygen atoms in total. The number of carboxylic acids is 1. The minimum Gasteiger partial charge on any atom is -0.480 e. The highest BCUT2D eigenvalue weighted by Crippen LogP contribution is 2.50. The summed E-state index contributed by atoms with van der Waals surface area (Å²) in [5.41, 5.74) is 7.59. The number of hydroxylamine groups is 4. The third-order valence-electron chi connectivity index (χ3n) is 15.7. The number of aliphatic carboxylic acids is 1. The Bertz CT molecular complexity index is 2260. The quantitative estimate of drug-likeness (QED) is 0.226. The highest BCUT2D eigenvalue weighted by Gasteiger charge is 2.52. The molecule has 400 valence electrons. The highest BCUT2D eigenvalue weighted by molar-refractivity contribution is 5.89. The van der Waals surface area contributed by atoms with E-state index in [1.165, 1.54) is 15.0 Å². The van der Waals surface area contributed by atoms with Crippen LogP contribution < -0.4 is 11.1 Å². The molecule has 2 aliphatic carbocycles. The van der Waals surface area contributed by atoms with Gasteiger partial charge in [-0.1, -0.05) is 60.7 Å². The Kier molecular flexibility index (Phi) is 16.2. The van der Waals surface area contributed by atoms with E-state index in [0.717, 1.165) is 82.0 Å². The maximum atomic E-state index is 13.1. The largest absolute Gasteiger partial charge is 0.480 e. The van der Waals surface area contributed by atoms with E-state index in [2.05, 4.69) is 5.32 Å². The smallest absolute Gasteiger partial charge is 0.410 e. The second-order valence-electron chi connectivity index (χ2n) is 23.6. The summed E-state index contributed by atoms with van der Waals surface area (Å²) in [7, 11) is 0. The predicted octanol–water partition coefficient (Wildman–Crippen LogP) is 7.28. The Labute approximate surface area is 429 Å². The van der Waals surface area contributed by atoms with Crippen molar-refractivity contribution < 1.29 is 53.0 Å². The van der Waals surface area contributed by atoms with Gasteiger partial charge in [-0.15, -0.1) is 0 Å². The molecule has 4 N–H and O–H groups in total. The standard InChI is InChI=1S/C27H38N4O5.C14H16N2O4.C13H24N2O2/c1-26(2,3)36-25(34)29-13-11-27(12-14-29)15-20(16-27)28-23(32)22-10-9-21-17-30(22)24(33)31(21)35-18-19-7-5-4-6-8-19;17-13(18)12-7-6-11-8-15(12)14(19)16(11)20-9-10-4-2-1-3-5-10;1-12(2,3)17-11(16)15-6-4-13(5-7-15)8-10(14)9-13/h4-8,20-22H,9-18H2,1-3H3,(H,28,32);1-5,11-12H,6-9H2,(H,17,18);10H,4-9,14H2,1-3H3/t21-,22+;11-,12+;/m11./s1. The Morgan fingerprint density at radius 3 is 1.41 bits per heavy atom. The van der Waals surface area contributed by atoms with E-state index < -0.39 is 29.3 Å². The number of carbonyl (C=O) groups is 6. The van der Waals surface area contributed by atoms with Crippen LogP contribution >= 0.6 is 0 Å². The van der Waals surface area contributed by atoms with Crippen LogP contribution in [0, 0.1) is 10.8 Å². The summed E-state index contributed by atoms with van der Waals surface area (Å²) in [6.07, 6.45) is 10.3. The summed E-state index contributed by atoms with van der Waals surface area (Å²) in [5, 5.41) is 15.1. The molecule has 6 aliphatic heterocycles. The fourth-order valence-corrected chi connectivity index (χ4v) is 11.8. The van der Waals surface area contributed by atoms with Crippen molar-refractivity contribution in [3.05, 3.63) is 71.8 Å². The van der Waals surface area contributed by atoms with Crippen LogP contribution in [0.4, 0.5) is 19.2 Å². The first-order chi connectivity index (χ1) is 34.6. The van der Waals surface area contributed by atoms with Crippen molar-refractivity contribution in [1.29, 1.82) is 0 Å². The molecule has 7 amide bonds. The number of nitrogens with zero attached hydrogens (tertiary/aromatic N) is 6. The van der Waals surface area contributed by atoms with Gasteiger partial charge < -0.3 is 45.2 Å². The number of hydrogen-bond donors (Lipinski definition) is 3. The molecule has 2 aromatic carbocycles. The van der Waals surface area contributed by atoms with Crippen LogP contribution in [-0.2, 0) is 42.0 Å². The molecular weight excluding hydrogens is 937 g/mol. The predicted molar refractivity (Wildman–Crippen MR) is 269 cm³/mol. The van der Waals surface area contributed by atoms with Gasteiger partial charge in [-0.2, -0.15) is 10.1 Å². The number of ether oxygens (including phenoxy) is 2. The van der Waals surface area contributed by atoms with Crippen LogP contribution in [0.2, 0.25) is 0 Å². The molecule has 6 saturated heterocycles. The molecule has 4 atom stereocenters. The lowest BCUT2D eigenvalue weighted by Crippen LogP contribution is -2.59. The third kappa shape index (κ3) is 13.2. The lowest BCUT2D eigenvalue weighted by Gasteiger charge is -2.52. The van der Waals surface area contributed by atoms with Crippen molar-refractivity contribution in [2.45, 2.75) is 179 Å². The van der Waals surface area contributed by atoms with Crippen molar-refractivity contribution in [3.8, 4) is 0 Å². The summed E-state index contributed by atoms with van der Waals surface area (Å²) in [6.45, 7) is 16.0. The molecule has 8 fully saturated rings. The molecule has 73 heavy (non-hydrogen) atoms. The van der Waals surface area contributed by atoms with Gasteiger partial charge in [-0.25, -0.2) is 24.0 Å². The van der Waals surface area contributed by atoms with Crippen molar-refractivity contribution in [3.63, 3.8) is 0 Å². The number of rotatable bonds is 9. The summed E-state index contributed by atoms with van der Waals surface area (Å²) < 4.78 is 10.9. The number of piperidine rings is 4. The SMILES string of the molecule is CC(C)(C)OC(=O)N1CCC2(CC1)CC(N)C2.CC(C)(C)OC(=O)N1CCC2(CC1)CC(NC(=O)[C@@H]1CC[C@@H]3CN1C(=O)N3OCc1ccccc1)C2.O=C(O)[C@@H]1CC[C@@H]2CN1C(=O)N2OCc1ccccc1. The van der Waals surface area contributed by atoms with Gasteiger partial charge in [0, 0.05) is 51.4 Å². The lowest BCUT2D eigenvalue weighted by molar-refractivity contribution is -0.143. The molecule has 0 radical (unpaired) electrons. The fraction of sp³-hybridized carbons (Fsp3) is 0.667. The zero-order valence-electron chi connectivity index (χ0n) is 43.7. The molecule has 8 aliphatic rings. The molecule has 0 unspecified atom stereocenters. The van der Waals surface area contributed by atoms with Crippen LogP contribution in [-0.4, -0.2) is 158 Å². The molecular formula is C54H78N8O11. The van der Waals surface area contributed by atoms with Gasteiger partial charge in [-0.05, 0) is 141 Å². The third-order valence-corrected chi connectivity index (χ3v) is 15.7. The second-order valence-corrected chi connectivity index (χ2v) is 23.6. The Morgan fingerprint density at radius 2 is 1.01 bits per heavy atom. The van der Waals surface area contributed by atoms with Crippen LogP contribution in [0.15, 0.2) is 60.7 Å². The molecule has 10 rings (SSSR count). The number of nitrogens with two attached hydrogens (primary N) is 1. The van der Waals surface area contributed by atoms with Crippen molar-refractivity contribution >= 4 is 36.1 Å². The Hall–Kier alpha value is -5.66.